The second-order valence-corrected chi connectivity index (χ2v) is 7.46. The highest BCUT2D eigenvalue weighted by molar-refractivity contribution is 5.83. The van der Waals surface area contributed by atoms with E-state index in [4.69, 9.17) is 0 Å². The predicted octanol–water partition coefficient (Wildman–Crippen LogP) is 4.88. The molecule has 2 aromatic rings. The van der Waals surface area contributed by atoms with E-state index in [1.165, 1.54) is 10.8 Å². The number of hydrogen-bond acceptors (Lipinski definition) is 2. The summed E-state index contributed by atoms with van der Waals surface area (Å²) in [6.07, 6.45) is 0.402. The summed E-state index contributed by atoms with van der Waals surface area (Å²) in [6, 6.07) is 14.6. The molecule has 0 radical (unpaired) electrons. The first kappa shape index (κ1) is 18.0. The molecule has 1 atom stereocenters. The fourth-order valence-corrected chi connectivity index (χ4v) is 3.18. The highest BCUT2D eigenvalue weighted by Crippen LogP contribution is 2.23. The van der Waals surface area contributed by atoms with Gasteiger partial charge in [0.25, 0.3) is 0 Å². The van der Waals surface area contributed by atoms with E-state index in [0.29, 0.717) is 11.8 Å². The maximum Gasteiger partial charge on any atom is 0.0802 e. The zero-order valence-corrected chi connectivity index (χ0v) is 15.0. The fraction of sp³-hybridized carbons (Fsp3) is 0.524. The molecule has 0 aromatic heterocycles. The summed E-state index contributed by atoms with van der Waals surface area (Å²) >= 11 is 0. The Labute approximate surface area is 141 Å². The third-order valence-corrected chi connectivity index (χ3v) is 4.12. The molecule has 0 spiro atoms. The van der Waals surface area contributed by atoms with E-state index in [9.17, 15) is 5.11 Å². The van der Waals surface area contributed by atoms with E-state index in [-0.39, 0.29) is 6.10 Å². The lowest BCUT2D eigenvalue weighted by atomic mass is 10.0. The van der Waals surface area contributed by atoms with Crippen LogP contribution >= 0.6 is 0 Å². The predicted molar refractivity (Wildman–Crippen MR) is 99.6 cm³/mol. The maximum atomic E-state index is 10.6. The van der Waals surface area contributed by atoms with Gasteiger partial charge in [-0.2, -0.15) is 0 Å². The third-order valence-electron chi connectivity index (χ3n) is 4.12. The molecule has 126 valence electrons. The van der Waals surface area contributed by atoms with Crippen molar-refractivity contribution in [3.63, 3.8) is 0 Å². The fourth-order valence-electron chi connectivity index (χ4n) is 3.18. The molecule has 0 saturated carbocycles. The van der Waals surface area contributed by atoms with E-state index in [0.717, 1.165) is 31.6 Å². The molecule has 2 nitrogen and oxygen atoms in total. The molecule has 2 heteroatoms. The van der Waals surface area contributed by atoms with E-state index < -0.39 is 0 Å². The quantitative estimate of drug-likeness (QED) is 0.751. The van der Waals surface area contributed by atoms with Crippen LogP contribution < -0.4 is 0 Å². The Hall–Kier alpha value is -1.38. The Morgan fingerprint density at radius 3 is 2.09 bits per heavy atom. The Morgan fingerprint density at radius 2 is 1.48 bits per heavy atom. The van der Waals surface area contributed by atoms with Crippen molar-refractivity contribution in [3.05, 3.63) is 48.0 Å². The van der Waals surface area contributed by atoms with Crippen molar-refractivity contribution in [1.29, 1.82) is 0 Å². The first-order valence-corrected chi connectivity index (χ1v) is 8.85. The maximum absolute atomic E-state index is 10.6. The first-order chi connectivity index (χ1) is 11.0. The molecule has 0 saturated heterocycles. The number of fused-ring (bicyclic) bond motifs is 1. The second kappa shape index (κ2) is 8.47. The molecule has 0 bridgehead atoms. The summed E-state index contributed by atoms with van der Waals surface area (Å²) in [6.45, 7) is 12.2. The van der Waals surface area contributed by atoms with Crippen LogP contribution in [-0.4, -0.2) is 29.6 Å². The summed E-state index contributed by atoms with van der Waals surface area (Å²) in [5, 5.41) is 13.0. The highest BCUT2D eigenvalue weighted by atomic mass is 16.3. The molecule has 0 aliphatic carbocycles. The highest BCUT2D eigenvalue weighted by Gasteiger charge is 2.13. The number of benzene rings is 2. The van der Waals surface area contributed by atoms with Gasteiger partial charge in [-0.25, -0.2) is 0 Å². The van der Waals surface area contributed by atoms with Crippen molar-refractivity contribution >= 4 is 10.8 Å². The van der Waals surface area contributed by atoms with Crippen LogP contribution in [0.4, 0.5) is 0 Å². The van der Waals surface area contributed by atoms with Gasteiger partial charge in [-0.15, -0.1) is 0 Å². The summed E-state index contributed by atoms with van der Waals surface area (Å²) in [7, 11) is 0. The van der Waals surface area contributed by atoms with Gasteiger partial charge < -0.3 is 10.0 Å². The van der Waals surface area contributed by atoms with Gasteiger partial charge in [0.2, 0.25) is 0 Å². The molecule has 0 fully saturated rings. The molecular formula is C21H31NO. The molecule has 2 rings (SSSR count). The number of rotatable bonds is 8. The monoisotopic (exact) mass is 313 g/mol. The topological polar surface area (TPSA) is 23.5 Å². The van der Waals surface area contributed by atoms with Crippen LogP contribution in [0.5, 0.6) is 0 Å². The van der Waals surface area contributed by atoms with Gasteiger partial charge in [0.1, 0.15) is 0 Å². The molecule has 0 aliphatic heterocycles. The van der Waals surface area contributed by atoms with Crippen molar-refractivity contribution in [3.8, 4) is 0 Å². The van der Waals surface area contributed by atoms with Gasteiger partial charge >= 0.3 is 0 Å². The minimum absolute atomic E-state index is 0.388. The minimum Gasteiger partial charge on any atom is -0.388 e. The summed E-state index contributed by atoms with van der Waals surface area (Å²) in [5.74, 6) is 1.32. The van der Waals surface area contributed by atoms with Gasteiger partial charge in [0.15, 0.2) is 0 Å². The lowest BCUT2D eigenvalue weighted by molar-refractivity contribution is 0.132. The van der Waals surface area contributed by atoms with Crippen LogP contribution in [0.25, 0.3) is 10.8 Å². The molecule has 2 aromatic carbocycles. The largest absolute Gasteiger partial charge is 0.388 e. The van der Waals surface area contributed by atoms with E-state index in [1.54, 1.807) is 0 Å². The number of nitrogens with zero attached hydrogens (tertiary/aromatic N) is 1. The Kier molecular flexibility index (Phi) is 6.61. The van der Waals surface area contributed by atoms with Gasteiger partial charge in [-0.1, -0.05) is 64.1 Å². The number of aliphatic hydroxyl groups excluding tert-OH is 1. The van der Waals surface area contributed by atoms with E-state index >= 15 is 0 Å². The normalized spacial score (nSPS) is 13.4. The molecule has 0 aliphatic rings. The van der Waals surface area contributed by atoms with Crippen molar-refractivity contribution < 1.29 is 5.11 Å². The smallest absolute Gasteiger partial charge is 0.0802 e. The second-order valence-electron chi connectivity index (χ2n) is 7.46. The summed E-state index contributed by atoms with van der Waals surface area (Å²) in [5.41, 5.74) is 1.03. The van der Waals surface area contributed by atoms with Crippen LogP contribution in [0.2, 0.25) is 0 Å². The average molecular weight is 313 g/mol. The van der Waals surface area contributed by atoms with Crippen molar-refractivity contribution in [2.75, 3.05) is 19.6 Å². The summed E-state index contributed by atoms with van der Waals surface area (Å²) in [4.78, 5) is 2.49. The van der Waals surface area contributed by atoms with Crippen LogP contribution in [0.3, 0.4) is 0 Å². The third kappa shape index (κ3) is 5.63. The van der Waals surface area contributed by atoms with Crippen LogP contribution in [0.1, 0.15) is 45.8 Å². The molecular weight excluding hydrogens is 282 g/mol. The Bertz CT molecular complexity index is 596. The Morgan fingerprint density at radius 1 is 0.870 bits per heavy atom. The number of aliphatic hydroxyl groups is 1. The van der Waals surface area contributed by atoms with Gasteiger partial charge in [-0.05, 0) is 40.7 Å². The zero-order valence-electron chi connectivity index (χ0n) is 15.0. The molecule has 0 amide bonds. The molecule has 0 heterocycles. The van der Waals surface area contributed by atoms with Crippen LogP contribution in [-0.2, 0) is 0 Å². The zero-order chi connectivity index (χ0) is 16.8. The molecule has 1 N–H and O–H groups in total. The van der Waals surface area contributed by atoms with Crippen molar-refractivity contribution in [2.24, 2.45) is 11.8 Å². The standard InChI is InChI=1S/C21H31NO/c1-16(2)14-22(15-17(3)4)12-11-21(23)20-10-9-18-7-5-6-8-19(18)13-20/h5-10,13,16-17,21,23H,11-12,14-15H2,1-4H3. The number of hydrogen-bond donors (Lipinski definition) is 1. The van der Waals surface area contributed by atoms with Crippen LogP contribution in [0, 0.1) is 11.8 Å². The lowest BCUT2D eigenvalue weighted by Gasteiger charge is -2.27. The van der Waals surface area contributed by atoms with Gasteiger partial charge in [0, 0.05) is 19.6 Å². The van der Waals surface area contributed by atoms with Crippen molar-refractivity contribution in [1.82, 2.24) is 4.90 Å². The molecule has 23 heavy (non-hydrogen) atoms. The van der Waals surface area contributed by atoms with Gasteiger partial charge in [-0.3, -0.25) is 0 Å². The SMILES string of the molecule is CC(C)CN(CCC(O)c1ccc2ccccc2c1)CC(C)C. The molecule has 1 unspecified atom stereocenters. The van der Waals surface area contributed by atoms with Crippen LogP contribution in [0.15, 0.2) is 42.5 Å². The van der Waals surface area contributed by atoms with E-state index in [2.05, 4.69) is 62.9 Å². The van der Waals surface area contributed by atoms with Gasteiger partial charge in [0.05, 0.1) is 6.10 Å². The summed E-state index contributed by atoms with van der Waals surface area (Å²) < 4.78 is 0. The lowest BCUT2D eigenvalue weighted by Crippen LogP contribution is -2.33. The van der Waals surface area contributed by atoms with E-state index in [1.807, 2.05) is 12.1 Å². The minimum atomic E-state index is -0.388. The van der Waals surface area contributed by atoms with Crippen molar-refractivity contribution in [2.45, 2.75) is 40.2 Å². The Balaban J connectivity index is 1.99. The first-order valence-electron chi connectivity index (χ1n) is 8.85. The average Bonchev–Trinajstić information content (AvgIpc) is 2.50.